The van der Waals surface area contributed by atoms with Crippen molar-refractivity contribution in [2.75, 3.05) is 0 Å². The summed E-state index contributed by atoms with van der Waals surface area (Å²) in [5, 5.41) is 14.7. The first-order valence-corrected chi connectivity index (χ1v) is 7.58. The standard InChI is InChI=1S/C15H20BrN3O/c1-10(2)8-19-14(17-9-18-19)7-13(20)12-6-4-5-11(3)15(12)16/h4-6,9-10,13,20H,7-8H2,1-3H3. The highest BCUT2D eigenvalue weighted by Crippen LogP contribution is 2.28. The second kappa shape index (κ2) is 6.50. The van der Waals surface area contributed by atoms with Crippen LogP contribution >= 0.6 is 15.9 Å². The minimum atomic E-state index is -0.584. The molecule has 0 amide bonds. The molecular weight excluding hydrogens is 318 g/mol. The minimum absolute atomic E-state index is 0.467. The Kier molecular flexibility index (Phi) is 4.94. The molecular formula is C15H20BrN3O. The summed E-state index contributed by atoms with van der Waals surface area (Å²) in [6.07, 6.45) is 1.43. The van der Waals surface area contributed by atoms with Crippen LogP contribution in [0, 0.1) is 12.8 Å². The highest BCUT2D eigenvalue weighted by molar-refractivity contribution is 9.10. The molecule has 5 heteroatoms. The van der Waals surface area contributed by atoms with E-state index >= 15 is 0 Å². The van der Waals surface area contributed by atoms with Gasteiger partial charge in [0.2, 0.25) is 0 Å². The van der Waals surface area contributed by atoms with Gasteiger partial charge in [-0.15, -0.1) is 0 Å². The fourth-order valence-electron chi connectivity index (χ4n) is 2.15. The molecule has 2 aromatic rings. The van der Waals surface area contributed by atoms with Crippen LogP contribution < -0.4 is 0 Å². The maximum atomic E-state index is 10.4. The number of hydrogen-bond donors (Lipinski definition) is 1. The predicted molar refractivity (Wildman–Crippen MR) is 82.4 cm³/mol. The van der Waals surface area contributed by atoms with Crippen LogP contribution in [0.5, 0.6) is 0 Å². The number of hydrogen-bond acceptors (Lipinski definition) is 3. The molecule has 1 aromatic heterocycles. The van der Waals surface area contributed by atoms with Gasteiger partial charge in [0.15, 0.2) is 0 Å². The van der Waals surface area contributed by atoms with Gasteiger partial charge in [-0.25, -0.2) is 9.67 Å². The SMILES string of the molecule is Cc1cccc(C(O)Cc2ncnn2CC(C)C)c1Br. The number of benzene rings is 1. The molecule has 0 fully saturated rings. The first kappa shape index (κ1) is 15.2. The van der Waals surface area contributed by atoms with Crippen LogP contribution in [0.25, 0.3) is 0 Å². The summed E-state index contributed by atoms with van der Waals surface area (Å²) >= 11 is 3.54. The lowest BCUT2D eigenvalue weighted by Crippen LogP contribution is -2.13. The van der Waals surface area contributed by atoms with Crippen molar-refractivity contribution in [1.82, 2.24) is 14.8 Å². The van der Waals surface area contributed by atoms with Gasteiger partial charge in [0.25, 0.3) is 0 Å². The fourth-order valence-corrected chi connectivity index (χ4v) is 2.68. The fraction of sp³-hybridized carbons (Fsp3) is 0.467. The number of aromatic nitrogens is 3. The first-order chi connectivity index (χ1) is 9.49. The van der Waals surface area contributed by atoms with Gasteiger partial charge in [-0.2, -0.15) is 5.10 Å². The van der Waals surface area contributed by atoms with Gasteiger partial charge < -0.3 is 5.11 Å². The maximum Gasteiger partial charge on any atom is 0.138 e. The number of aliphatic hydroxyl groups is 1. The molecule has 1 unspecified atom stereocenters. The molecule has 0 aliphatic heterocycles. The van der Waals surface area contributed by atoms with Crippen LogP contribution in [0.4, 0.5) is 0 Å². The molecule has 0 saturated carbocycles. The van der Waals surface area contributed by atoms with Crippen LogP contribution in [0.3, 0.4) is 0 Å². The minimum Gasteiger partial charge on any atom is -0.388 e. The van der Waals surface area contributed by atoms with Gasteiger partial charge in [0.05, 0.1) is 6.10 Å². The van der Waals surface area contributed by atoms with Crippen LogP contribution in [0.1, 0.15) is 36.9 Å². The predicted octanol–water partition coefficient (Wildman–Crippen LogP) is 3.28. The molecule has 108 valence electrons. The number of nitrogens with zero attached hydrogens (tertiary/aromatic N) is 3. The number of rotatable bonds is 5. The van der Waals surface area contributed by atoms with Gasteiger partial charge in [0, 0.05) is 17.4 Å². The van der Waals surface area contributed by atoms with Crippen LogP contribution in [0.2, 0.25) is 0 Å². The zero-order valence-electron chi connectivity index (χ0n) is 12.0. The van der Waals surface area contributed by atoms with Crippen molar-refractivity contribution in [3.8, 4) is 0 Å². The van der Waals surface area contributed by atoms with Gasteiger partial charge >= 0.3 is 0 Å². The van der Waals surface area contributed by atoms with E-state index in [1.54, 1.807) is 6.33 Å². The number of aryl methyl sites for hydroxylation is 1. The second-order valence-electron chi connectivity index (χ2n) is 5.45. The molecule has 0 aliphatic carbocycles. The Morgan fingerprint density at radius 2 is 2.10 bits per heavy atom. The van der Waals surface area contributed by atoms with Crippen molar-refractivity contribution in [2.24, 2.45) is 5.92 Å². The van der Waals surface area contributed by atoms with Gasteiger partial charge in [-0.1, -0.05) is 48.0 Å². The van der Waals surface area contributed by atoms with Crippen molar-refractivity contribution in [3.05, 3.63) is 46.0 Å². The average molecular weight is 338 g/mol. The van der Waals surface area contributed by atoms with Crippen LogP contribution in [0.15, 0.2) is 29.0 Å². The van der Waals surface area contributed by atoms with E-state index in [-0.39, 0.29) is 0 Å². The van der Waals surface area contributed by atoms with Crippen LogP contribution in [-0.4, -0.2) is 19.9 Å². The molecule has 20 heavy (non-hydrogen) atoms. The summed E-state index contributed by atoms with van der Waals surface area (Å²) in [5.74, 6) is 1.32. The van der Waals surface area contributed by atoms with Crippen molar-refractivity contribution in [2.45, 2.75) is 39.8 Å². The molecule has 0 spiro atoms. The summed E-state index contributed by atoms with van der Waals surface area (Å²) in [4.78, 5) is 4.26. The zero-order chi connectivity index (χ0) is 14.7. The summed E-state index contributed by atoms with van der Waals surface area (Å²) in [7, 11) is 0. The summed E-state index contributed by atoms with van der Waals surface area (Å²) < 4.78 is 2.83. The van der Waals surface area contributed by atoms with Gasteiger partial charge in [-0.05, 0) is 24.0 Å². The largest absolute Gasteiger partial charge is 0.388 e. The Hall–Kier alpha value is -1.20. The highest BCUT2D eigenvalue weighted by Gasteiger charge is 2.16. The van der Waals surface area contributed by atoms with E-state index in [0.717, 1.165) is 28.0 Å². The van der Waals surface area contributed by atoms with Gasteiger partial charge in [-0.3, -0.25) is 0 Å². The Balaban J connectivity index is 2.17. The summed E-state index contributed by atoms with van der Waals surface area (Å²) in [6, 6.07) is 5.91. The number of halogens is 1. The van der Waals surface area contributed by atoms with Crippen molar-refractivity contribution in [3.63, 3.8) is 0 Å². The lowest BCUT2D eigenvalue weighted by Gasteiger charge is -2.15. The van der Waals surface area contributed by atoms with E-state index in [9.17, 15) is 5.11 Å². The lowest BCUT2D eigenvalue weighted by molar-refractivity contribution is 0.172. The average Bonchev–Trinajstić information content (AvgIpc) is 2.79. The third-order valence-electron chi connectivity index (χ3n) is 3.19. The maximum absolute atomic E-state index is 10.4. The van der Waals surface area contributed by atoms with E-state index in [1.165, 1.54) is 0 Å². The molecule has 0 aliphatic rings. The third-order valence-corrected chi connectivity index (χ3v) is 4.27. The van der Waals surface area contributed by atoms with Crippen molar-refractivity contribution >= 4 is 15.9 Å². The molecule has 2 rings (SSSR count). The lowest BCUT2D eigenvalue weighted by atomic mass is 10.0. The Morgan fingerprint density at radius 3 is 2.80 bits per heavy atom. The molecule has 1 heterocycles. The molecule has 0 radical (unpaired) electrons. The van der Waals surface area contributed by atoms with E-state index in [2.05, 4.69) is 39.9 Å². The summed E-state index contributed by atoms with van der Waals surface area (Å²) in [5.41, 5.74) is 2.01. The molecule has 4 nitrogen and oxygen atoms in total. The molecule has 0 saturated heterocycles. The van der Waals surface area contributed by atoms with E-state index in [4.69, 9.17) is 0 Å². The first-order valence-electron chi connectivity index (χ1n) is 6.78. The van der Waals surface area contributed by atoms with E-state index < -0.39 is 6.10 Å². The van der Waals surface area contributed by atoms with Crippen molar-refractivity contribution in [1.29, 1.82) is 0 Å². The summed E-state index contributed by atoms with van der Waals surface area (Å²) in [6.45, 7) is 7.11. The van der Waals surface area contributed by atoms with E-state index in [0.29, 0.717) is 12.3 Å². The second-order valence-corrected chi connectivity index (χ2v) is 6.24. The monoisotopic (exact) mass is 337 g/mol. The van der Waals surface area contributed by atoms with E-state index in [1.807, 2.05) is 29.8 Å². The number of aliphatic hydroxyl groups excluding tert-OH is 1. The Bertz CT molecular complexity index is 580. The normalized spacial score (nSPS) is 12.9. The molecule has 1 N–H and O–H groups in total. The quantitative estimate of drug-likeness (QED) is 0.910. The smallest absolute Gasteiger partial charge is 0.138 e. The van der Waals surface area contributed by atoms with Crippen LogP contribution in [-0.2, 0) is 13.0 Å². The molecule has 1 aromatic carbocycles. The van der Waals surface area contributed by atoms with Crippen molar-refractivity contribution < 1.29 is 5.11 Å². The van der Waals surface area contributed by atoms with Gasteiger partial charge in [0.1, 0.15) is 12.2 Å². The molecule has 1 atom stereocenters. The topological polar surface area (TPSA) is 50.9 Å². The molecule has 0 bridgehead atoms. The Labute approximate surface area is 128 Å². The highest BCUT2D eigenvalue weighted by atomic mass is 79.9. The Morgan fingerprint density at radius 1 is 1.35 bits per heavy atom. The zero-order valence-corrected chi connectivity index (χ0v) is 13.6. The third kappa shape index (κ3) is 3.46.